The number of piperidine rings is 1. The van der Waals surface area contributed by atoms with Gasteiger partial charge in [0.2, 0.25) is 5.91 Å². The maximum atomic E-state index is 12.4. The van der Waals surface area contributed by atoms with Gasteiger partial charge in [-0.05, 0) is 68.2 Å². The zero-order chi connectivity index (χ0) is 19.8. The Bertz CT molecular complexity index is 634. The lowest BCUT2D eigenvalue weighted by Gasteiger charge is -2.40. The lowest BCUT2D eigenvalue weighted by atomic mass is 9.91. The molecule has 2 saturated heterocycles. The van der Waals surface area contributed by atoms with Crippen molar-refractivity contribution < 1.29 is 14.3 Å². The second kappa shape index (κ2) is 11.0. The molecule has 0 spiro atoms. The number of amides is 1. The number of hydrogen-bond donors (Lipinski definition) is 1. The predicted molar refractivity (Wildman–Crippen MR) is 115 cm³/mol. The first-order chi connectivity index (χ1) is 13.7. The van der Waals surface area contributed by atoms with Crippen LogP contribution in [0.5, 0.6) is 11.5 Å². The van der Waals surface area contributed by atoms with Gasteiger partial charge in [-0.2, -0.15) is 11.8 Å². The third-order valence-electron chi connectivity index (χ3n) is 6.01. The van der Waals surface area contributed by atoms with E-state index >= 15 is 0 Å². The number of carbonyl (C=O) groups is 1. The van der Waals surface area contributed by atoms with Crippen LogP contribution >= 0.6 is 11.8 Å². The molecule has 6 heteroatoms. The number of likely N-dealkylation sites (tertiary alicyclic amines) is 1. The van der Waals surface area contributed by atoms with Crippen molar-refractivity contribution in [3.63, 3.8) is 0 Å². The smallest absolute Gasteiger partial charge is 0.220 e. The highest BCUT2D eigenvalue weighted by molar-refractivity contribution is 7.99. The van der Waals surface area contributed by atoms with Crippen molar-refractivity contribution in [2.45, 2.75) is 51.1 Å². The van der Waals surface area contributed by atoms with Crippen molar-refractivity contribution in [1.82, 2.24) is 10.2 Å². The van der Waals surface area contributed by atoms with Crippen molar-refractivity contribution in [2.24, 2.45) is 5.92 Å². The quantitative estimate of drug-likeness (QED) is 0.713. The molecule has 2 aliphatic rings. The minimum absolute atomic E-state index is 0.129. The summed E-state index contributed by atoms with van der Waals surface area (Å²) in [5, 5.41) is 3.05. The van der Waals surface area contributed by atoms with Crippen molar-refractivity contribution >= 4 is 17.7 Å². The summed E-state index contributed by atoms with van der Waals surface area (Å²) >= 11 is 2.09. The highest BCUT2D eigenvalue weighted by Crippen LogP contribution is 2.28. The van der Waals surface area contributed by atoms with Crippen LogP contribution < -0.4 is 14.8 Å². The second-order valence-electron chi connectivity index (χ2n) is 7.84. The molecule has 0 aliphatic carbocycles. The van der Waals surface area contributed by atoms with Crippen LogP contribution in [-0.2, 0) is 11.3 Å². The van der Waals surface area contributed by atoms with E-state index in [2.05, 4.69) is 22.0 Å². The summed E-state index contributed by atoms with van der Waals surface area (Å²) in [4.78, 5) is 15.1. The Morgan fingerprint density at radius 1 is 1.21 bits per heavy atom. The minimum Gasteiger partial charge on any atom is -0.497 e. The first-order valence-corrected chi connectivity index (χ1v) is 11.6. The van der Waals surface area contributed by atoms with E-state index in [9.17, 15) is 4.79 Å². The molecule has 1 unspecified atom stereocenters. The van der Waals surface area contributed by atoms with Gasteiger partial charge in [0.05, 0.1) is 14.2 Å². The number of ether oxygens (including phenoxy) is 2. The molecule has 5 nitrogen and oxygen atoms in total. The van der Waals surface area contributed by atoms with Crippen LogP contribution in [0.1, 0.15) is 44.1 Å². The number of thioether (sulfide) groups is 1. The Hall–Kier alpha value is -1.40. The molecule has 3 rings (SSSR count). The van der Waals surface area contributed by atoms with Gasteiger partial charge in [-0.3, -0.25) is 4.79 Å². The number of methoxy groups -OCH3 is 2. The number of hydrogen-bond acceptors (Lipinski definition) is 5. The second-order valence-corrected chi connectivity index (χ2v) is 9.06. The normalized spacial score (nSPS) is 21.3. The summed E-state index contributed by atoms with van der Waals surface area (Å²) in [6.45, 7) is 2.91. The Labute approximate surface area is 173 Å². The standard InChI is InChI=1S/C22H34N2O3S/c1-26-20-7-6-18(21(14-20)27-2)15-23-22(25)8-5-17-4-3-11-24(16-17)19-9-12-28-13-10-19/h6-7,14,17,19H,3-5,8-13,15-16H2,1-2H3,(H,23,25). The predicted octanol–water partition coefficient (Wildman–Crippen LogP) is 3.71. The molecule has 0 bridgehead atoms. The van der Waals surface area contributed by atoms with Gasteiger partial charge < -0.3 is 19.7 Å². The monoisotopic (exact) mass is 406 g/mol. The molecule has 28 heavy (non-hydrogen) atoms. The first kappa shape index (κ1) is 21.3. The number of carbonyl (C=O) groups excluding carboxylic acids is 1. The average Bonchev–Trinajstić information content (AvgIpc) is 2.77. The molecule has 0 aromatic heterocycles. The van der Waals surface area contributed by atoms with Crippen molar-refractivity contribution in [3.05, 3.63) is 23.8 Å². The van der Waals surface area contributed by atoms with Gasteiger partial charge in [0, 0.05) is 37.2 Å². The Balaban J connectivity index is 1.41. The molecule has 0 radical (unpaired) electrons. The van der Waals surface area contributed by atoms with Gasteiger partial charge >= 0.3 is 0 Å². The third kappa shape index (κ3) is 6.05. The van der Waals surface area contributed by atoms with E-state index < -0.39 is 0 Å². The number of rotatable bonds is 8. The molecule has 156 valence electrons. The fourth-order valence-electron chi connectivity index (χ4n) is 4.33. The molecule has 1 N–H and O–H groups in total. The molecule has 2 fully saturated rings. The third-order valence-corrected chi connectivity index (χ3v) is 7.06. The molecule has 0 saturated carbocycles. The van der Waals surface area contributed by atoms with E-state index in [0.717, 1.165) is 29.5 Å². The average molecular weight is 407 g/mol. The van der Waals surface area contributed by atoms with Gasteiger partial charge in [0.25, 0.3) is 0 Å². The van der Waals surface area contributed by atoms with Gasteiger partial charge in [-0.15, -0.1) is 0 Å². The fourth-order valence-corrected chi connectivity index (χ4v) is 5.41. The molecule has 1 atom stereocenters. The molecular formula is C22H34N2O3S. The molecule has 1 amide bonds. The lowest BCUT2D eigenvalue weighted by Crippen LogP contribution is -2.44. The Morgan fingerprint density at radius 2 is 2.04 bits per heavy atom. The molecule has 1 aromatic rings. The van der Waals surface area contributed by atoms with E-state index in [4.69, 9.17) is 9.47 Å². The van der Waals surface area contributed by atoms with Crippen LogP contribution in [-0.4, -0.2) is 55.7 Å². The number of nitrogens with zero attached hydrogens (tertiary/aromatic N) is 1. The summed E-state index contributed by atoms with van der Waals surface area (Å²) < 4.78 is 10.6. The van der Waals surface area contributed by atoms with Crippen LogP contribution in [0.25, 0.3) is 0 Å². The van der Waals surface area contributed by atoms with Crippen LogP contribution in [0.4, 0.5) is 0 Å². The van der Waals surface area contributed by atoms with E-state index in [1.807, 2.05) is 18.2 Å². The summed E-state index contributed by atoms with van der Waals surface area (Å²) in [7, 11) is 3.27. The first-order valence-electron chi connectivity index (χ1n) is 10.5. The zero-order valence-corrected chi connectivity index (χ0v) is 18.1. The van der Waals surface area contributed by atoms with Gasteiger partial charge in [0.15, 0.2) is 0 Å². The van der Waals surface area contributed by atoms with Crippen molar-refractivity contribution in [1.29, 1.82) is 0 Å². The van der Waals surface area contributed by atoms with E-state index in [1.54, 1.807) is 14.2 Å². The number of nitrogens with one attached hydrogen (secondary N) is 1. The molecule has 2 aliphatic heterocycles. The number of benzene rings is 1. The summed E-state index contributed by atoms with van der Waals surface area (Å²) in [6, 6.07) is 6.46. The minimum atomic E-state index is 0.129. The molecular weight excluding hydrogens is 372 g/mol. The molecule has 1 aromatic carbocycles. The van der Waals surface area contributed by atoms with Gasteiger partial charge in [0.1, 0.15) is 11.5 Å². The van der Waals surface area contributed by atoms with E-state index in [0.29, 0.717) is 18.9 Å². The van der Waals surface area contributed by atoms with Crippen molar-refractivity contribution in [3.8, 4) is 11.5 Å². The Kier molecular flexibility index (Phi) is 8.34. The fraction of sp³-hybridized carbons (Fsp3) is 0.682. The topological polar surface area (TPSA) is 50.8 Å². The highest BCUT2D eigenvalue weighted by atomic mass is 32.2. The lowest BCUT2D eigenvalue weighted by molar-refractivity contribution is -0.121. The van der Waals surface area contributed by atoms with Gasteiger partial charge in [-0.1, -0.05) is 0 Å². The summed E-state index contributed by atoms with van der Waals surface area (Å²) in [5.74, 6) is 4.90. The van der Waals surface area contributed by atoms with Crippen molar-refractivity contribution in [2.75, 3.05) is 38.8 Å². The van der Waals surface area contributed by atoms with E-state index in [1.165, 1.54) is 50.3 Å². The zero-order valence-electron chi connectivity index (χ0n) is 17.2. The van der Waals surface area contributed by atoms with Crippen LogP contribution in [0.3, 0.4) is 0 Å². The largest absolute Gasteiger partial charge is 0.497 e. The maximum Gasteiger partial charge on any atom is 0.220 e. The SMILES string of the molecule is COc1ccc(CNC(=O)CCC2CCCN(C3CCSCC3)C2)c(OC)c1. The summed E-state index contributed by atoms with van der Waals surface area (Å²) in [5.41, 5.74) is 0.968. The van der Waals surface area contributed by atoms with Crippen LogP contribution in [0.2, 0.25) is 0 Å². The van der Waals surface area contributed by atoms with Crippen LogP contribution in [0.15, 0.2) is 18.2 Å². The van der Waals surface area contributed by atoms with E-state index in [-0.39, 0.29) is 5.91 Å². The maximum absolute atomic E-state index is 12.4. The molecule has 2 heterocycles. The highest BCUT2D eigenvalue weighted by Gasteiger charge is 2.27. The Morgan fingerprint density at radius 3 is 2.79 bits per heavy atom. The summed E-state index contributed by atoms with van der Waals surface area (Å²) in [6.07, 6.45) is 6.81. The van der Waals surface area contributed by atoms with Gasteiger partial charge in [-0.25, -0.2) is 0 Å². The van der Waals surface area contributed by atoms with Crippen LogP contribution in [0, 0.1) is 5.92 Å².